The van der Waals surface area contributed by atoms with Gasteiger partial charge in [-0.3, -0.25) is 20.4 Å². The van der Waals surface area contributed by atoms with Crippen molar-refractivity contribution in [1.29, 1.82) is 0 Å². The number of hydrogen-bond donors (Lipinski definition) is 2. The third-order valence-corrected chi connectivity index (χ3v) is 3.63. The van der Waals surface area contributed by atoms with Crippen LogP contribution in [0.4, 0.5) is 4.39 Å². The molecule has 3 aromatic rings. The van der Waals surface area contributed by atoms with Crippen LogP contribution in [-0.4, -0.2) is 25.0 Å². The molecule has 0 heterocycles. The van der Waals surface area contributed by atoms with E-state index in [-0.39, 0.29) is 12.4 Å². The van der Waals surface area contributed by atoms with E-state index >= 15 is 0 Å². The molecule has 0 unspecified atom stereocenters. The van der Waals surface area contributed by atoms with Crippen LogP contribution in [0.15, 0.2) is 66.7 Å². The normalized spacial score (nSPS) is 10.3. The third kappa shape index (κ3) is 5.18. The molecule has 0 saturated carbocycles. The molecule has 0 aliphatic heterocycles. The van der Waals surface area contributed by atoms with Gasteiger partial charge >= 0.3 is 0 Å². The molecule has 2 N–H and O–H groups in total. The molecule has 0 aliphatic carbocycles. The van der Waals surface area contributed by atoms with E-state index in [2.05, 4.69) is 10.9 Å². The molecule has 3 rings (SSSR count). The second-order valence-corrected chi connectivity index (χ2v) is 5.61. The van der Waals surface area contributed by atoms with E-state index in [0.717, 1.165) is 10.8 Å². The summed E-state index contributed by atoms with van der Waals surface area (Å²) in [6, 6.07) is 19.0. The molecule has 6 nitrogen and oxygen atoms in total. The lowest BCUT2D eigenvalue weighted by atomic mass is 10.1. The molecular formula is C20H17FN2O4. The van der Waals surface area contributed by atoms with Crippen molar-refractivity contribution < 1.29 is 23.5 Å². The van der Waals surface area contributed by atoms with Crippen LogP contribution in [0.1, 0.15) is 0 Å². The van der Waals surface area contributed by atoms with Crippen LogP contribution in [0.3, 0.4) is 0 Å². The minimum absolute atomic E-state index is 0.0430. The Morgan fingerprint density at radius 2 is 1.41 bits per heavy atom. The van der Waals surface area contributed by atoms with E-state index in [4.69, 9.17) is 9.47 Å². The number of halogens is 1. The Hall–Kier alpha value is -3.61. The van der Waals surface area contributed by atoms with Gasteiger partial charge in [0, 0.05) is 0 Å². The molecule has 0 atom stereocenters. The topological polar surface area (TPSA) is 76.7 Å². The van der Waals surface area contributed by atoms with Crippen molar-refractivity contribution in [2.75, 3.05) is 13.2 Å². The molecule has 0 bridgehead atoms. The summed E-state index contributed by atoms with van der Waals surface area (Å²) >= 11 is 0. The highest BCUT2D eigenvalue weighted by Gasteiger charge is 2.08. The van der Waals surface area contributed by atoms with Crippen molar-refractivity contribution in [3.8, 4) is 11.5 Å². The first kappa shape index (κ1) is 18.2. The van der Waals surface area contributed by atoms with Crippen LogP contribution in [0, 0.1) is 5.82 Å². The molecule has 0 aromatic heterocycles. The van der Waals surface area contributed by atoms with Gasteiger partial charge < -0.3 is 9.47 Å². The average molecular weight is 368 g/mol. The Balaban J connectivity index is 1.41. The number of para-hydroxylation sites is 1. The minimum atomic E-state index is -0.627. The Morgan fingerprint density at radius 1 is 0.778 bits per heavy atom. The number of nitrogens with one attached hydrogen (secondary N) is 2. The van der Waals surface area contributed by atoms with Gasteiger partial charge in [-0.15, -0.1) is 0 Å². The van der Waals surface area contributed by atoms with Gasteiger partial charge in [-0.05, 0) is 35.0 Å². The van der Waals surface area contributed by atoms with Gasteiger partial charge in [-0.1, -0.05) is 42.5 Å². The first-order chi connectivity index (χ1) is 13.1. The highest BCUT2D eigenvalue weighted by atomic mass is 19.1. The number of hydrogen-bond acceptors (Lipinski definition) is 4. The lowest BCUT2D eigenvalue weighted by molar-refractivity contribution is -0.131. The number of carbonyl (C=O) groups excluding carboxylic acids is 2. The molecule has 27 heavy (non-hydrogen) atoms. The van der Waals surface area contributed by atoms with E-state index in [1.54, 1.807) is 12.1 Å². The summed E-state index contributed by atoms with van der Waals surface area (Å²) in [5.74, 6) is -1.24. The van der Waals surface area contributed by atoms with Crippen molar-refractivity contribution >= 4 is 22.6 Å². The highest BCUT2D eigenvalue weighted by molar-refractivity contribution is 5.85. The zero-order valence-electron chi connectivity index (χ0n) is 14.3. The smallest absolute Gasteiger partial charge is 0.276 e. The number of rotatable bonds is 6. The summed E-state index contributed by atoms with van der Waals surface area (Å²) < 4.78 is 23.8. The summed E-state index contributed by atoms with van der Waals surface area (Å²) in [5, 5.41) is 2.06. The molecule has 0 aliphatic rings. The number of benzene rings is 3. The number of hydrazine groups is 1. The van der Waals surface area contributed by atoms with Gasteiger partial charge in [0.1, 0.15) is 5.75 Å². The first-order valence-electron chi connectivity index (χ1n) is 8.18. The molecule has 3 aromatic carbocycles. The number of fused-ring (bicyclic) bond motifs is 1. The van der Waals surface area contributed by atoms with Crippen molar-refractivity contribution in [2.45, 2.75) is 0 Å². The fourth-order valence-corrected chi connectivity index (χ4v) is 2.32. The molecule has 7 heteroatoms. The van der Waals surface area contributed by atoms with Crippen LogP contribution < -0.4 is 20.3 Å². The summed E-state index contributed by atoms with van der Waals surface area (Å²) in [5.41, 5.74) is 4.38. The predicted molar refractivity (Wildman–Crippen MR) is 97.6 cm³/mol. The Kier molecular flexibility index (Phi) is 5.84. The Bertz CT molecular complexity index is 961. The van der Waals surface area contributed by atoms with Crippen LogP contribution in [0.25, 0.3) is 10.8 Å². The van der Waals surface area contributed by atoms with Crippen LogP contribution >= 0.6 is 0 Å². The molecule has 0 saturated heterocycles. The van der Waals surface area contributed by atoms with Crippen molar-refractivity contribution in [1.82, 2.24) is 10.9 Å². The summed E-state index contributed by atoms with van der Waals surface area (Å²) in [7, 11) is 0. The fraction of sp³-hybridized carbons (Fsp3) is 0.100. The number of carbonyl (C=O) groups is 2. The highest BCUT2D eigenvalue weighted by Crippen LogP contribution is 2.20. The van der Waals surface area contributed by atoms with Gasteiger partial charge in [0.15, 0.2) is 24.8 Å². The average Bonchev–Trinajstić information content (AvgIpc) is 2.70. The Morgan fingerprint density at radius 3 is 2.15 bits per heavy atom. The van der Waals surface area contributed by atoms with Crippen molar-refractivity contribution in [3.05, 3.63) is 72.5 Å². The minimum Gasteiger partial charge on any atom is -0.484 e. The summed E-state index contributed by atoms with van der Waals surface area (Å²) in [6.45, 7) is -0.709. The first-order valence-corrected chi connectivity index (χ1v) is 8.18. The fourth-order valence-electron chi connectivity index (χ4n) is 2.32. The molecule has 138 valence electrons. The van der Waals surface area contributed by atoms with Gasteiger partial charge in [0.25, 0.3) is 11.8 Å². The SMILES string of the molecule is O=C(COc1ccc2ccccc2c1)NNC(=O)COc1ccccc1F. The van der Waals surface area contributed by atoms with Gasteiger partial charge in [-0.2, -0.15) is 0 Å². The predicted octanol–water partition coefficient (Wildman–Crippen LogP) is 2.58. The van der Waals surface area contributed by atoms with E-state index in [9.17, 15) is 14.0 Å². The van der Waals surface area contributed by atoms with Gasteiger partial charge in [0.2, 0.25) is 0 Å². The summed E-state index contributed by atoms with van der Waals surface area (Å²) in [4.78, 5) is 23.4. The molecule has 0 fully saturated rings. The quantitative estimate of drug-likeness (QED) is 0.656. The van der Waals surface area contributed by atoms with Crippen molar-refractivity contribution in [3.63, 3.8) is 0 Å². The maximum atomic E-state index is 13.4. The van der Waals surface area contributed by atoms with Gasteiger partial charge in [-0.25, -0.2) is 4.39 Å². The second kappa shape index (κ2) is 8.66. The number of amides is 2. The molecular weight excluding hydrogens is 351 g/mol. The molecule has 2 amide bonds. The second-order valence-electron chi connectivity index (χ2n) is 5.61. The van der Waals surface area contributed by atoms with E-state index < -0.39 is 24.2 Å². The zero-order valence-corrected chi connectivity index (χ0v) is 14.3. The van der Waals surface area contributed by atoms with E-state index in [1.165, 1.54) is 18.2 Å². The molecule has 0 radical (unpaired) electrons. The number of ether oxygens (including phenoxy) is 2. The van der Waals surface area contributed by atoms with Gasteiger partial charge in [0.05, 0.1) is 0 Å². The maximum absolute atomic E-state index is 13.4. The lowest BCUT2D eigenvalue weighted by Gasteiger charge is -2.10. The zero-order chi connectivity index (χ0) is 19.1. The van der Waals surface area contributed by atoms with Crippen LogP contribution in [0.2, 0.25) is 0 Å². The lowest BCUT2D eigenvalue weighted by Crippen LogP contribution is -2.45. The summed E-state index contributed by atoms with van der Waals surface area (Å²) in [6.07, 6.45) is 0. The van der Waals surface area contributed by atoms with E-state index in [0.29, 0.717) is 5.75 Å². The molecule has 0 spiro atoms. The largest absolute Gasteiger partial charge is 0.484 e. The third-order valence-electron chi connectivity index (χ3n) is 3.63. The van der Waals surface area contributed by atoms with Crippen LogP contribution in [0.5, 0.6) is 11.5 Å². The van der Waals surface area contributed by atoms with E-state index in [1.807, 2.05) is 36.4 Å². The Labute approximate surface area is 154 Å². The van der Waals surface area contributed by atoms with Crippen molar-refractivity contribution in [2.24, 2.45) is 0 Å². The monoisotopic (exact) mass is 368 g/mol. The maximum Gasteiger partial charge on any atom is 0.276 e. The van der Waals surface area contributed by atoms with Crippen LogP contribution in [-0.2, 0) is 9.59 Å². The standard InChI is InChI=1S/C20H17FN2O4/c21-17-7-3-4-8-18(17)27-13-20(25)23-22-19(24)12-26-16-10-9-14-5-1-2-6-15(14)11-16/h1-11H,12-13H2,(H,22,24)(H,23,25).